The molecule has 0 unspecified atom stereocenters. The highest BCUT2D eigenvalue weighted by Gasteiger charge is 2.32. The molecule has 2 amide bonds. The monoisotopic (exact) mass is 532 g/mol. The molecule has 0 heterocycles. The zero-order valence-corrected chi connectivity index (χ0v) is 23.1. The van der Waals surface area contributed by atoms with Crippen LogP contribution in [0.4, 0.5) is 4.39 Å². The molecule has 3 aromatic carbocycles. The van der Waals surface area contributed by atoms with Crippen molar-refractivity contribution in [3.8, 4) is 0 Å². The summed E-state index contributed by atoms with van der Waals surface area (Å²) in [4.78, 5) is 29.1. The van der Waals surface area contributed by atoms with Crippen LogP contribution in [-0.4, -0.2) is 34.6 Å². The summed E-state index contributed by atoms with van der Waals surface area (Å²) < 4.78 is 13.6. The summed E-state index contributed by atoms with van der Waals surface area (Å²) >= 11 is 1.56. The fourth-order valence-electron chi connectivity index (χ4n) is 5.20. The Morgan fingerprint density at radius 2 is 1.58 bits per heavy atom. The predicted octanol–water partition coefficient (Wildman–Crippen LogP) is 6.37. The van der Waals surface area contributed by atoms with E-state index < -0.39 is 6.04 Å². The van der Waals surface area contributed by atoms with Gasteiger partial charge in [-0.3, -0.25) is 9.59 Å². The third-order valence-corrected chi connectivity index (χ3v) is 8.00. The van der Waals surface area contributed by atoms with Crippen molar-refractivity contribution in [1.29, 1.82) is 0 Å². The molecule has 200 valence electrons. The Balaban J connectivity index is 1.56. The van der Waals surface area contributed by atoms with Gasteiger partial charge in [-0.1, -0.05) is 84.6 Å². The molecule has 1 atom stereocenters. The number of amides is 2. The molecule has 1 aliphatic rings. The fourth-order valence-corrected chi connectivity index (χ4v) is 6.04. The van der Waals surface area contributed by atoms with Gasteiger partial charge in [0.25, 0.3) is 0 Å². The van der Waals surface area contributed by atoms with E-state index in [0.717, 1.165) is 42.6 Å². The van der Waals surface area contributed by atoms with E-state index in [1.165, 1.54) is 28.8 Å². The van der Waals surface area contributed by atoms with E-state index in [9.17, 15) is 14.0 Å². The Kier molecular flexibility index (Phi) is 9.99. The minimum atomic E-state index is -0.655. The number of hydrogen-bond donors (Lipinski definition) is 1. The van der Waals surface area contributed by atoms with Crippen molar-refractivity contribution in [2.75, 3.05) is 5.75 Å². The molecule has 3 aromatic rings. The maximum absolute atomic E-state index is 13.8. The molecule has 0 saturated heterocycles. The first kappa shape index (κ1) is 27.9. The number of benzene rings is 3. The lowest BCUT2D eigenvalue weighted by Gasteiger charge is -2.32. The van der Waals surface area contributed by atoms with Crippen LogP contribution < -0.4 is 5.32 Å². The van der Waals surface area contributed by atoms with E-state index in [2.05, 4.69) is 37.4 Å². The minimum absolute atomic E-state index is 0.0915. The number of rotatable bonds is 11. The van der Waals surface area contributed by atoms with Gasteiger partial charge in [-0.25, -0.2) is 4.39 Å². The molecule has 6 heteroatoms. The summed E-state index contributed by atoms with van der Waals surface area (Å²) in [6, 6.07) is 21.9. The largest absolute Gasteiger partial charge is 0.352 e. The van der Waals surface area contributed by atoms with Crippen LogP contribution in [0, 0.1) is 19.7 Å². The van der Waals surface area contributed by atoms with Crippen LogP contribution in [0.25, 0.3) is 0 Å². The lowest BCUT2D eigenvalue weighted by Crippen LogP contribution is -2.52. The van der Waals surface area contributed by atoms with E-state index in [-0.39, 0.29) is 36.0 Å². The first-order chi connectivity index (χ1) is 18.4. The van der Waals surface area contributed by atoms with Crippen molar-refractivity contribution in [2.45, 2.75) is 70.3 Å². The smallest absolute Gasteiger partial charge is 0.243 e. The summed E-state index contributed by atoms with van der Waals surface area (Å²) in [6.45, 7) is 4.40. The van der Waals surface area contributed by atoms with Crippen molar-refractivity contribution in [3.05, 3.63) is 106 Å². The van der Waals surface area contributed by atoms with E-state index in [1.807, 2.05) is 30.3 Å². The molecule has 0 radical (unpaired) electrons. The summed E-state index contributed by atoms with van der Waals surface area (Å²) in [5, 5.41) is 3.22. The van der Waals surface area contributed by atoms with Gasteiger partial charge >= 0.3 is 0 Å². The van der Waals surface area contributed by atoms with Crippen LogP contribution in [0.5, 0.6) is 0 Å². The highest BCUT2D eigenvalue weighted by molar-refractivity contribution is 7.99. The summed E-state index contributed by atoms with van der Waals surface area (Å²) in [7, 11) is 0. The predicted molar refractivity (Wildman–Crippen MR) is 153 cm³/mol. The third-order valence-electron chi connectivity index (χ3n) is 7.01. The van der Waals surface area contributed by atoms with E-state index in [1.54, 1.807) is 28.8 Å². The number of carbonyl (C=O) groups excluding carboxylic acids is 2. The molecule has 4 nitrogen and oxygen atoms in total. The quantitative estimate of drug-likeness (QED) is 0.312. The van der Waals surface area contributed by atoms with Crippen molar-refractivity contribution in [2.24, 2.45) is 0 Å². The van der Waals surface area contributed by atoms with Gasteiger partial charge in [-0.15, -0.1) is 11.8 Å². The third kappa shape index (κ3) is 8.19. The van der Waals surface area contributed by atoms with Crippen LogP contribution in [-0.2, 0) is 28.3 Å². The second-order valence-electron chi connectivity index (χ2n) is 10.3. The number of carbonyl (C=O) groups is 2. The van der Waals surface area contributed by atoms with Gasteiger partial charge in [-0.2, -0.15) is 0 Å². The molecular formula is C32H37FN2O2S. The van der Waals surface area contributed by atoms with Gasteiger partial charge in [0, 0.05) is 24.8 Å². The van der Waals surface area contributed by atoms with Gasteiger partial charge in [0.05, 0.1) is 5.75 Å². The highest BCUT2D eigenvalue weighted by Crippen LogP contribution is 2.22. The van der Waals surface area contributed by atoms with Gasteiger partial charge in [-0.05, 0) is 55.5 Å². The number of halogens is 1. The fraction of sp³-hybridized carbons (Fsp3) is 0.375. The Morgan fingerprint density at radius 3 is 2.24 bits per heavy atom. The maximum atomic E-state index is 13.8. The average molecular weight is 533 g/mol. The molecule has 1 aliphatic carbocycles. The molecule has 1 fully saturated rings. The molecule has 0 bridgehead atoms. The Labute approximate surface area is 230 Å². The molecule has 0 aromatic heterocycles. The molecule has 38 heavy (non-hydrogen) atoms. The van der Waals surface area contributed by atoms with Crippen LogP contribution in [0.15, 0.2) is 72.8 Å². The maximum Gasteiger partial charge on any atom is 0.243 e. The second kappa shape index (κ2) is 13.6. The number of aryl methyl sites for hydroxylation is 2. The van der Waals surface area contributed by atoms with Gasteiger partial charge in [0.15, 0.2) is 0 Å². The van der Waals surface area contributed by atoms with Crippen molar-refractivity contribution in [1.82, 2.24) is 10.2 Å². The van der Waals surface area contributed by atoms with Crippen molar-refractivity contribution in [3.63, 3.8) is 0 Å². The van der Waals surface area contributed by atoms with Crippen molar-refractivity contribution < 1.29 is 14.0 Å². The summed E-state index contributed by atoms with van der Waals surface area (Å²) in [5.74, 6) is 0.448. The number of hydrogen-bond acceptors (Lipinski definition) is 3. The van der Waals surface area contributed by atoms with Crippen LogP contribution >= 0.6 is 11.8 Å². The highest BCUT2D eigenvalue weighted by atomic mass is 32.2. The summed E-state index contributed by atoms with van der Waals surface area (Å²) in [5.41, 5.74) is 5.39. The number of nitrogens with zero attached hydrogens (tertiary/aromatic N) is 1. The van der Waals surface area contributed by atoms with Gasteiger partial charge in [0.2, 0.25) is 11.8 Å². The summed E-state index contributed by atoms with van der Waals surface area (Å²) in [6.07, 6.45) is 4.60. The molecule has 1 N–H and O–H groups in total. The molecule has 0 spiro atoms. The first-order valence-corrected chi connectivity index (χ1v) is 14.6. The topological polar surface area (TPSA) is 49.4 Å². The van der Waals surface area contributed by atoms with E-state index in [4.69, 9.17) is 0 Å². The van der Waals surface area contributed by atoms with Crippen LogP contribution in [0.1, 0.15) is 53.5 Å². The Morgan fingerprint density at radius 1 is 0.921 bits per heavy atom. The average Bonchev–Trinajstić information content (AvgIpc) is 3.40. The first-order valence-electron chi connectivity index (χ1n) is 13.4. The zero-order valence-electron chi connectivity index (χ0n) is 22.3. The second-order valence-corrected chi connectivity index (χ2v) is 11.3. The van der Waals surface area contributed by atoms with E-state index in [0.29, 0.717) is 6.42 Å². The molecule has 1 saturated carbocycles. The number of thioether (sulfide) groups is 1. The Bertz CT molecular complexity index is 1190. The van der Waals surface area contributed by atoms with Crippen LogP contribution in [0.2, 0.25) is 0 Å². The SMILES string of the molecule is Cc1cc(C)cc(CSCC(=O)N(Cc2ccc(F)cc2)[C@H](Cc2ccccc2)C(=O)NC2CCCC2)c1. The minimum Gasteiger partial charge on any atom is -0.352 e. The zero-order chi connectivity index (χ0) is 26.9. The normalized spacial score (nSPS) is 14.3. The van der Waals surface area contributed by atoms with Crippen molar-refractivity contribution >= 4 is 23.6 Å². The lowest BCUT2D eigenvalue weighted by molar-refractivity contribution is -0.139. The lowest BCUT2D eigenvalue weighted by atomic mass is 10.0. The molecule has 4 rings (SSSR count). The Hall–Kier alpha value is -3.12. The van der Waals surface area contributed by atoms with Gasteiger partial charge < -0.3 is 10.2 Å². The van der Waals surface area contributed by atoms with Crippen LogP contribution in [0.3, 0.4) is 0 Å². The molecular weight excluding hydrogens is 495 g/mol. The van der Waals surface area contributed by atoms with E-state index >= 15 is 0 Å². The van der Waals surface area contributed by atoms with Gasteiger partial charge in [0.1, 0.15) is 11.9 Å². The molecule has 0 aliphatic heterocycles. The standard InChI is InChI=1S/C32H37FN2O2S/c1-23-16-24(2)18-27(17-23)21-38-22-31(36)35(20-26-12-14-28(33)15-13-26)30(19-25-8-4-3-5-9-25)32(37)34-29-10-6-7-11-29/h3-5,8-9,12-18,29-30H,6-7,10-11,19-22H2,1-2H3,(H,34,37)/t30-/m1/s1. The number of nitrogens with one attached hydrogen (secondary N) is 1.